The van der Waals surface area contributed by atoms with Gasteiger partial charge in [0.15, 0.2) is 0 Å². The molecule has 0 saturated carbocycles. The smallest absolute Gasteiger partial charge is 0.251 e. The van der Waals surface area contributed by atoms with Gasteiger partial charge in [-0.3, -0.25) is 9.59 Å². The maximum absolute atomic E-state index is 13.6. The highest BCUT2D eigenvalue weighted by Crippen LogP contribution is 2.15. The third kappa shape index (κ3) is 18.4. The first kappa shape index (κ1) is 42.8. The summed E-state index contributed by atoms with van der Waals surface area (Å²) in [4.78, 5) is 27.3. The number of ether oxygens (including phenoxy) is 1. The average molecular weight is 689 g/mol. The van der Waals surface area contributed by atoms with Crippen LogP contribution in [0.4, 0.5) is 8.78 Å². The van der Waals surface area contributed by atoms with Gasteiger partial charge < -0.3 is 30.7 Å². The highest BCUT2D eigenvalue weighted by atomic mass is 32.1. The SMILES string of the molecule is CN1CCCC1.CO.COC.Cc1cc(C=O)cc(C(=O)N[C@@H](Cc2cc(F)cc(F)c2)C[C@H]2CNCCN2)c1.Cc1cccc(S)c1. The van der Waals surface area contributed by atoms with Crippen molar-refractivity contribution in [2.24, 2.45) is 0 Å². The van der Waals surface area contributed by atoms with Crippen molar-refractivity contribution in [3.05, 3.63) is 100 Å². The lowest BCUT2D eigenvalue weighted by atomic mass is 9.97. The first-order valence-electron chi connectivity index (χ1n) is 16.1. The summed E-state index contributed by atoms with van der Waals surface area (Å²) < 4.78 is 31.5. The Hall–Kier alpha value is -3.19. The van der Waals surface area contributed by atoms with Crippen LogP contribution in [0.2, 0.25) is 0 Å². The summed E-state index contributed by atoms with van der Waals surface area (Å²) >= 11 is 4.15. The number of carbonyl (C=O) groups excluding carboxylic acids is 2. The fraction of sp³-hybridized carbons (Fsp3) is 0.459. The number of aryl methyl sites for hydroxylation is 2. The van der Waals surface area contributed by atoms with Crippen LogP contribution in [0.1, 0.15) is 56.7 Å². The summed E-state index contributed by atoms with van der Waals surface area (Å²) in [6.45, 7) is 8.96. The van der Waals surface area contributed by atoms with Gasteiger partial charge in [0.2, 0.25) is 0 Å². The zero-order valence-electron chi connectivity index (χ0n) is 29.2. The zero-order valence-corrected chi connectivity index (χ0v) is 30.1. The number of nitrogens with zero attached hydrogens (tertiary/aromatic N) is 1. The summed E-state index contributed by atoms with van der Waals surface area (Å²) in [7, 11) is 6.42. The zero-order chi connectivity index (χ0) is 35.9. The first-order valence-corrected chi connectivity index (χ1v) is 16.5. The molecular weight excluding hydrogens is 634 g/mol. The number of aliphatic hydroxyl groups excluding tert-OH is 1. The molecule has 2 fully saturated rings. The molecule has 2 aliphatic heterocycles. The molecule has 2 heterocycles. The van der Waals surface area contributed by atoms with E-state index in [1.807, 2.05) is 25.1 Å². The number of aldehydes is 1. The minimum Gasteiger partial charge on any atom is -0.400 e. The lowest BCUT2D eigenvalue weighted by molar-refractivity contribution is 0.0931. The van der Waals surface area contributed by atoms with Crippen LogP contribution < -0.4 is 16.0 Å². The minimum atomic E-state index is -0.642. The number of hydrogen-bond acceptors (Lipinski definition) is 8. The van der Waals surface area contributed by atoms with E-state index in [1.54, 1.807) is 26.4 Å². The maximum atomic E-state index is 13.6. The van der Waals surface area contributed by atoms with Crippen LogP contribution in [0.15, 0.2) is 65.6 Å². The summed E-state index contributed by atoms with van der Waals surface area (Å²) in [5.41, 5.74) is 3.36. The van der Waals surface area contributed by atoms with Crippen molar-refractivity contribution >= 4 is 24.8 Å². The molecule has 11 heteroatoms. The van der Waals surface area contributed by atoms with Gasteiger partial charge in [-0.2, -0.15) is 0 Å². The van der Waals surface area contributed by atoms with Crippen molar-refractivity contribution in [2.75, 3.05) is 61.1 Å². The molecule has 1 amide bonds. The molecule has 3 aromatic carbocycles. The second-order valence-corrected chi connectivity index (χ2v) is 12.3. The number of amides is 1. The predicted molar refractivity (Wildman–Crippen MR) is 193 cm³/mol. The summed E-state index contributed by atoms with van der Waals surface area (Å²) in [5.74, 6) is -1.60. The van der Waals surface area contributed by atoms with Crippen LogP contribution in [-0.4, -0.2) is 95.4 Å². The predicted octanol–water partition coefficient (Wildman–Crippen LogP) is 5.25. The van der Waals surface area contributed by atoms with Crippen molar-refractivity contribution in [3.8, 4) is 0 Å². The molecule has 0 spiro atoms. The average Bonchev–Trinajstić information content (AvgIpc) is 3.53. The third-order valence-electron chi connectivity index (χ3n) is 7.26. The van der Waals surface area contributed by atoms with Crippen molar-refractivity contribution < 1.29 is 28.2 Å². The standard InChI is InChI=1S/C22H25F2N3O2.C7H8S.C5H11N.C2H6O.CH4O/c1-14-4-16(13-28)6-17(5-14)22(29)27-20(11-21-12-25-2-3-26-21)9-15-7-18(23)10-19(24)8-15;1-6-3-2-4-7(8)5-6;1-6-4-2-3-5-6;1-3-2;1-2/h4-8,10,13,20-21,25-26H,2-3,9,11-12H2,1H3,(H,27,29);2-5,8H,1H3;2-5H2,1H3;1-2H3;2H,1H3/t20-,21-;;;;/m0..../s1. The van der Waals surface area contributed by atoms with Gasteiger partial charge in [-0.25, -0.2) is 8.78 Å². The van der Waals surface area contributed by atoms with E-state index in [2.05, 4.69) is 58.3 Å². The van der Waals surface area contributed by atoms with Gasteiger partial charge >= 0.3 is 0 Å². The molecular formula is C37H54F2N4O4S. The molecule has 4 N–H and O–H groups in total. The van der Waals surface area contributed by atoms with Gasteiger partial charge in [0.25, 0.3) is 5.91 Å². The summed E-state index contributed by atoms with van der Waals surface area (Å²) in [6, 6.07) is 16.2. The van der Waals surface area contributed by atoms with Crippen LogP contribution in [0.25, 0.3) is 0 Å². The number of rotatable bonds is 7. The Morgan fingerprint density at radius 3 is 2.15 bits per heavy atom. The largest absolute Gasteiger partial charge is 0.400 e. The van der Waals surface area contributed by atoms with Crippen molar-refractivity contribution in [3.63, 3.8) is 0 Å². The number of likely N-dealkylation sites (tertiary alicyclic amines) is 1. The fourth-order valence-electron chi connectivity index (χ4n) is 5.21. The second kappa shape index (κ2) is 24.9. The Labute approximate surface area is 291 Å². The number of thiol groups is 1. The van der Waals surface area contributed by atoms with E-state index in [0.29, 0.717) is 35.8 Å². The van der Waals surface area contributed by atoms with Gasteiger partial charge in [0, 0.05) is 75.1 Å². The molecule has 5 rings (SSSR count). The molecule has 266 valence electrons. The number of methoxy groups -OCH3 is 1. The molecule has 3 aromatic rings. The number of carbonyl (C=O) groups is 2. The fourth-order valence-corrected chi connectivity index (χ4v) is 5.50. The first-order chi connectivity index (χ1) is 23.0. The number of hydrogen-bond donors (Lipinski definition) is 5. The van der Waals surface area contributed by atoms with Crippen LogP contribution in [0.3, 0.4) is 0 Å². The molecule has 2 aliphatic rings. The van der Waals surface area contributed by atoms with Crippen LogP contribution in [-0.2, 0) is 11.2 Å². The van der Waals surface area contributed by atoms with E-state index in [1.165, 1.54) is 49.7 Å². The van der Waals surface area contributed by atoms with E-state index in [9.17, 15) is 18.4 Å². The summed E-state index contributed by atoms with van der Waals surface area (Å²) in [5, 5.41) is 16.7. The van der Waals surface area contributed by atoms with Crippen molar-refractivity contribution in [1.82, 2.24) is 20.9 Å². The Kier molecular flexibility index (Phi) is 22.2. The van der Waals surface area contributed by atoms with E-state index in [-0.39, 0.29) is 18.0 Å². The van der Waals surface area contributed by atoms with Gasteiger partial charge in [-0.05, 0) is 113 Å². The molecule has 0 radical (unpaired) electrons. The number of aliphatic hydroxyl groups is 1. The maximum Gasteiger partial charge on any atom is 0.251 e. The van der Waals surface area contributed by atoms with E-state index in [0.717, 1.165) is 43.3 Å². The van der Waals surface area contributed by atoms with Gasteiger partial charge in [-0.1, -0.05) is 17.7 Å². The molecule has 2 saturated heterocycles. The van der Waals surface area contributed by atoms with E-state index >= 15 is 0 Å². The van der Waals surface area contributed by atoms with Crippen molar-refractivity contribution in [2.45, 2.75) is 56.5 Å². The Morgan fingerprint density at radius 1 is 1.02 bits per heavy atom. The number of nitrogens with one attached hydrogen (secondary N) is 3. The number of benzene rings is 3. The molecule has 0 bridgehead atoms. The van der Waals surface area contributed by atoms with E-state index < -0.39 is 11.6 Å². The second-order valence-electron chi connectivity index (χ2n) is 11.8. The topological polar surface area (TPSA) is 103 Å². The normalized spacial score (nSPS) is 15.8. The van der Waals surface area contributed by atoms with Crippen LogP contribution in [0.5, 0.6) is 0 Å². The summed E-state index contributed by atoms with van der Waals surface area (Å²) in [6.07, 6.45) is 4.43. The third-order valence-corrected chi connectivity index (χ3v) is 7.54. The van der Waals surface area contributed by atoms with Gasteiger partial charge in [0.05, 0.1) is 0 Å². The number of halogens is 2. The number of piperazine rings is 1. The minimum absolute atomic E-state index is 0.135. The monoisotopic (exact) mass is 688 g/mol. The van der Waals surface area contributed by atoms with Gasteiger partial charge in [0.1, 0.15) is 17.9 Å². The lowest BCUT2D eigenvalue weighted by Crippen LogP contribution is -2.51. The quantitative estimate of drug-likeness (QED) is 0.171. The molecule has 8 nitrogen and oxygen atoms in total. The van der Waals surface area contributed by atoms with Crippen molar-refractivity contribution in [1.29, 1.82) is 0 Å². The molecule has 48 heavy (non-hydrogen) atoms. The van der Waals surface area contributed by atoms with Crippen LogP contribution >= 0.6 is 12.6 Å². The molecule has 0 unspecified atom stereocenters. The van der Waals surface area contributed by atoms with E-state index in [4.69, 9.17) is 5.11 Å². The van der Waals surface area contributed by atoms with Crippen LogP contribution in [0, 0.1) is 25.5 Å². The molecule has 0 aromatic heterocycles. The Morgan fingerprint density at radius 2 is 1.67 bits per heavy atom. The highest BCUT2D eigenvalue weighted by molar-refractivity contribution is 7.80. The van der Waals surface area contributed by atoms with Gasteiger partial charge in [-0.15, -0.1) is 12.6 Å². The Bertz CT molecular complexity index is 1320. The molecule has 0 aliphatic carbocycles. The highest BCUT2D eigenvalue weighted by Gasteiger charge is 2.22. The molecule has 2 atom stereocenters. The Balaban J connectivity index is 0.000000490. The lowest BCUT2D eigenvalue weighted by Gasteiger charge is -2.29.